The SMILES string of the molecule is CCCN(CC(=O)O)c1cc(C)nc(C#N)c1. The number of carboxylic acid groups (broad SMARTS) is 1. The van der Waals surface area contributed by atoms with E-state index >= 15 is 0 Å². The van der Waals surface area contributed by atoms with Crippen LogP contribution in [-0.4, -0.2) is 29.1 Å². The molecule has 5 heteroatoms. The summed E-state index contributed by atoms with van der Waals surface area (Å²) in [5.74, 6) is -0.883. The molecule has 0 spiro atoms. The van der Waals surface area contributed by atoms with Crippen molar-refractivity contribution in [3.8, 4) is 6.07 Å². The van der Waals surface area contributed by atoms with Crippen molar-refractivity contribution in [2.75, 3.05) is 18.0 Å². The van der Waals surface area contributed by atoms with Crippen LogP contribution in [0.3, 0.4) is 0 Å². The van der Waals surface area contributed by atoms with Gasteiger partial charge in [0, 0.05) is 17.9 Å². The van der Waals surface area contributed by atoms with Crippen LogP contribution in [-0.2, 0) is 4.79 Å². The fourth-order valence-electron chi connectivity index (χ4n) is 1.62. The molecule has 5 nitrogen and oxygen atoms in total. The molecule has 0 saturated carbocycles. The molecule has 1 aromatic rings. The van der Waals surface area contributed by atoms with Crippen molar-refractivity contribution in [1.29, 1.82) is 5.26 Å². The van der Waals surface area contributed by atoms with Crippen LogP contribution in [0.2, 0.25) is 0 Å². The third kappa shape index (κ3) is 3.76. The van der Waals surface area contributed by atoms with Crippen molar-refractivity contribution in [2.24, 2.45) is 0 Å². The molecule has 0 amide bonds. The summed E-state index contributed by atoms with van der Waals surface area (Å²) in [6.07, 6.45) is 0.844. The average molecular weight is 233 g/mol. The first kappa shape index (κ1) is 13.0. The second kappa shape index (κ2) is 5.85. The molecule has 0 aliphatic carbocycles. The summed E-state index contributed by atoms with van der Waals surface area (Å²) in [4.78, 5) is 16.5. The standard InChI is InChI=1S/C12H15N3O2/c1-3-4-15(8-12(16)17)11-5-9(2)14-10(6-11)7-13/h5-6H,3-4,8H2,1-2H3,(H,16,17). The van der Waals surface area contributed by atoms with Gasteiger partial charge in [0.05, 0.1) is 0 Å². The number of carbonyl (C=O) groups is 1. The van der Waals surface area contributed by atoms with E-state index in [0.29, 0.717) is 17.9 Å². The van der Waals surface area contributed by atoms with Crippen LogP contribution >= 0.6 is 0 Å². The number of aromatic nitrogens is 1. The van der Waals surface area contributed by atoms with Gasteiger partial charge in [0.15, 0.2) is 0 Å². The van der Waals surface area contributed by atoms with Crippen LogP contribution in [0.4, 0.5) is 5.69 Å². The predicted octanol–water partition coefficient (Wildman–Crippen LogP) is 1.56. The highest BCUT2D eigenvalue weighted by molar-refractivity contribution is 5.73. The molecular formula is C12H15N3O2. The van der Waals surface area contributed by atoms with Gasteiger partial charge in [0.25, 0.3) is 0 Å². The van der Waals surface area contributed by atoms with E-state index in [0.717, 1.165) is 12.1 Å². The highest BCUT2D eigenvalue weighted by atomic mass is 16.4. The molecule has 0 aliphatic rings. The van der Waals surface area contributed by atoms with Crippen LogP contribution in [0.25, 0.3) is 0 Å². The maximum atomic E-state index is 10.8. The number of hydrogen-bond donors (Lipinski definition) is 1. The van der Waals surface area contributed by atoms with E-state index in [1.54, 1.807) is 24.0 Å². The molecule has 1 rings (SSSR count). The van der Waals surface area contributed by atoms with Crippen LogP contribution in [0.5, 0.6) is 0 Å². The first-order chi connectivity index (χ1) is 8.06. The minimum Gasteiger partial charge on any atom is -0.480 e. The van der Waals surface area contributed by atoms with E-state index in [2.05, 4.69) is 4.98 Å². The van der Waals surface area contributed by atoms with Gasteiger partial charge < -0.3 is 10.0 Å². The summed E-state index contributed by atoms with van der Waals surface area (Å²) < 4.78 is 0. The molecule has 0 bridgehead atoms. The summed E-state index contributed by atoms with van der Waals surface area (Å²) in [6, 6.07) is 5.38. The molecule has 90 valence electrons. The Labute approximate surface area is 100 Å². The molecule has 0 aromatic carbocycles. The van der Waals surface area contributed by atoms with Crippen molar-refractivity contribution < 1.29 is 9.90 Å². The van der Waals surface area contributed by atoms with E-state index in [1.807, 2.05) is 13.0 Å². The van der Waals surface area contributed by atoms with Gasteiger partial charge in [-0.1, -0.05) is 6.92 Å². The van der Waals surface area contributed by atoms with Gasteiger partial charge in [0.1, 0.15) is 18.3 Å². The van der Waals surface area contributed by atoms with Gasteiger partial charge in [-0.05, 0) is 25.5 Å². The lowest BCUT2D eigenvalue weighted by Gasteiger charge is -2.22. The zero-order chi connectivity index (χ0) is 12.8. The summed E-state index contributed by atoms with van der Waals surface area (Å²) in [5, 5.41) is 17.7. The summed E-state index contributed by atoms with van der Waals surface area (Å²) >= 11 is 0. The van der Waals surface area contributed by atoms with Gasteiger partial charge in [-0.2, -0.15) is 5.26 Å². The van der Waals surface area contributed by atoms with Gasteiger partial charge >= 0.3 is 5.97 Å². The maximum Gasteiger partial charge on any atom is 0.323 e. The van der Waals surface area contributed by atoms with Crippen LogP contribution < -0.4 is 4.90 Å². The van der Waals surface area contributed by atoms with E-state index in [4.69, 9.17) is 10.4 Å². The second-order valence-electron chi connectivity index (χ2n) is 3.78. The van der Waals surface area contributed by atoms with Crippen LogP contribution in [0, 0.1) is 18.3 Å². The topological polar surface area (TPSA) is 77.2 Å². The number of carboxylic acids is 1. The van der Waals surface area contributed by atoms with Gasteiger partial charge in [-0.25, -0.2) is 4.98 Å². The number of anilines is 1. The maximum absolute atomic E-state index is 10.8. The Morgan fingerprint density at radius 3 is 2.82 bits per heavy atom. The Bertz CT molecular complexity index is 452. The van der Waals surface area contributed by atoms with Gasteiger partial charge in [0.2, 0.25) is 0 Å². The molecule has 0 aliphatic heterocycles. The molecule has 0 saturated heterocycles. The molecule has 0 radical (unpaired) electrons. The highest BCUT2D eigenvalue weighted by Gasteiger charge is 2.11. The summed E-state index contributed by atoms with van der Waals surface area (Å²) in [6.45, 7) is 4.34. The van der Waals surface area contributed by atoms with Crippen molar-refractivity contribution >= 4 is 11.7 Å². The quantitative estimate of drug-likeness (QED) is 0.835. The van der Waals surface area contributed by atoms with Crippen molar-refractivity contribution in [2.45, 2.75) is 20.3 Å². The third-order valence-electron chi connectivity index (χ3n) is 2.24. The monoisotopic (exact) mass is 233 g/mol. The summed E-state index contributed by atoms with van der Waals surface area (Å²) in [7, 11) is 0. The zero-order valence-electron chi connectivity index (χ0n) is 9.97. The van der Waals surface area contributed by atoms with E-state index in [1.165, 1.54) is 0 Å². The van der Waals surface area contributed by atoms with E-state index in [9.17, 15) is 4.79 Å². The lowest BCUT2D eigenvalue weighted by molar-refractivity contribution is -0.135. The molecule has 0 unspecified atom stereocenters. The zero-order valence-corrected chi connectivity index (χ0v) is 9.97. The number of pyridine rings is 1. The van der Waals surface area contributed by atoms with Gasteiger partial charge in [-0.15, -0.1) is 0 Å². The van der Waals surface area contributed by atoms with Crippen LogP contribution in [0.1, 0.15) is 24.7 Å². The molecule has 1 aromatic heterocycles. The largest absolute Gasteiger partial charge is 0.480 e. The molecule has 0 atom stereocenters. The number of nitriles is 1. The van der Waals surface area contributed by atoms with Crippen molar-refractivity contribution in [3.63, 3.8) is 0 Å². The molecule has 1 N–H and O–H groups in total. The Kier molecular flexibility index (Phi) is 4.46. The number of aliphatic carboxylic acids is 1. The first-order valence-electron chi connectivity index (χ1n) is 5.42. The number of nitrogens with zero attached hydrogens (tertiary/aromatic N) is 3. The normalized spacial score (nSPS) is 9.71. The summed E-state index contributed by atoms with van der Waals surface area (Å²) in [5.41, 5.74) is 1.76. The van der Waals surface area contributed by atoms with E-state index in [-0.39, 0.29) is 6.54 Å². The van der Waals surface area contributed by atoms with Gasteiger partial charge in [-0.3, -0.25) is 4.79 Å². The Hall–Kier alpha value is -2.09. The fourth-order valence-corrected chi connectivity index (χ4v) is 1.62. The number of aryl methyl sites for hydroxylation is 1. The number of rotatable bonds is 5. The molecule has 1 heterocycles. The minimum absolute atomic E-state index is 0.0673. The number of hydrogen-bond acceptors (Lipinski definition) is 4. The third-order valence-corrected chi connectivity index (χ3v) is 2.24. The lowest BCUT2D eigenvalue weighted by Crippen LogP contribution is -2.30. The van der Waals surface area contributed by atoms with Crippen LogP contribution in [0.15, 0.2) is 12.1 Å². The Morgan fingerprint density at radius 1 is 1.59 bits per heavy atom. The second-order valence-corrected chi connectivity index (χ2v) is 3.78. The first-order valence-corrected chi connectivity index (χ1v) is 5.42. The van der Waals surface area contributed by atoms with Crippen molar-refractivity contribution in [3.05, 3.63) is 23.5 Å². The Balaban J connectivity index is 3.04. The molecule has 17 heavy (non-hydrogen) atoms. The average Bonchev–Trinajstić information content (AvgIpc) is 2.27. The highest BCUT2D eigenvalue weighted by Crippen LogP contribution is 2.16. The molecular weight excluding hydrogens is 218 g/mol. The lowest BCUT2D eigenvalue weighted by atomic mass is 10.2. The predicted molar refractivity (Wildman–Crippen MR) is 63.8 cm³/mol. The Morgan fingerprint density at radius 2 is 2.29 bits per heavy atom. The minimum atomic E-state index is -0.883. The van der Waals surface area contributed by atoms with E-state index < -0.39 is 5.97 Å². The van der Waals surface area contributed by atoms with Crippen molar-refractivity contribution in [1.82, 2.24) is 4.98 Å². The smallest absolute Gasteiger partial charge is 0.323 e. The fraction of sp³-hybridized carbons (Fsp3) is 0.417. The molecule has 0 fully saturated rings.